The van der Waals surface area contributed by atoms with E-state index in [9.17, 15) is 0 Å². The average molecular weight is 259 g/mol. The highest BCUT2D eigenvalue weighted by Crippen LogP contribution is 2.30. The van der Waals surface area contributed by atoms with Crippen molar-refractivity contribution in [2.45, 2.75) is 13.5 Å². The molecule has 0 fully saturated rings. The van der Waals surface area contributed by atoms with E-state index in [0.717, 1.165) is 12.1 Å². The summed E-state index contributed by atoms with van der Waals surface area (Å²) in [4.78, 5) is 14.3. The minimum Gasteiger partial charge on any atom is -0.490 e. The third-order valence-corrected chi connectivity index (χ3v) is 2.82. The molecule has 0 aromatic carbocycles. The third-order valence-electron chi connectivity index (χ3n) is 2.82. The maximum Gasteiger partial charge on any atom is 0.204 e. The molecular formula is C13H17N5O. The van der Waals surface area contributed by atoms with Gasteiger partial charge in [-0.3, -0.25) is 4.98 Å². The molecule has 0 saturated heterocycles. The average Bonchev–Trinajstić information content (AvgIpc) is 2.45. The summed E-state index contributed by atoms with van der Waals surface area (Å²) >= 11 is 0. The van der Waals surface area contributed by atoms with Gasteiger partial charge >= 0.3 is 0 Å². The van der Waals surface area contributed by atoms with Crippen molar-refractivity contribution in [3.63, 3.8) is 0 Å². The molecule has 0 spiro atoms. The summed E-state index contributed by atoms with van der Waals surface area (Å²) in [5.74, 6) is 1.56. The zero-order valence-corrected chi connectivity index (χ0v) is 11.1. The van der Waals surface area contributed by atoms with Gasteiger partial charge in [0.25, 0.3) is 0 Å². The van der Waals surface area contributed by atoms with Gasteiger partial charge in [-0.15, -0.1) is 0 Å². The van der Waals surface area contributed by atoms with E-state index in [1.807, 2.05) is 12.1 Å². The fourth-order valence-corrected chi connectivity index (χ4v) is 1.84. The molecule has 0 aliphatic heterocycles. The minimum absolute atomic E-state index is 0.348. The van der Waals surface area contributed by atoms with Crippen LogP contribution in [0, 0.1) is 0 Å². The van der Waals surface area contributed by atoms with Gasteiger partial charge in [0.1, 0.15) is 6.33 Å². The molecule has 19 heavy (non-hydrogen) atoms. The van der Waals surface area contributed by atoms with E-state index in [1.54, 1.807) is 19.5 Å². The van der Waals surface area contributed by atoms with Crippen LogP contribution in [0.4, 0.5) is 11.6 Å². The highest BCUT2D eigenvalue weighted by molar-refractivity contribution is 5.62. The van der Waals surface area contributed by atoms with E-state index in [2.05, 4.69) is 26.8 Å². The van der Waals surface area contributed by atoms with Crippen LogP contribution in [0.1, 0.15) is 12.5 Å². The molecule has 0 radical (unpaired) electrons. The quantitative estimate of drug-likeness (QED) is 0.876. The van der Waals surface area contributed by atoms with Gasteiger partial charge in [-0.25, -0.2) is 9.97 Å². The van der Waals surface area contributed by atoms with Crippen molar-refractivity contribution in [2.75, 3.05) is 24.3 Å². The molecule has 2 aromatic heterocycles. The zero-order chi connectivity index (χ0) is 13.7. The molecule has 0 bridgehead atoms. The third kappa shape index (κ3) is 2.90. The van der Waals surface area contributed by atoms with Crippen LogP contribution in [-0.2, 0) is 6.54 Å². The topological polar surface area (TPSA) is 77.2 Å². The number of aromatic nitrogens is 3. The number of ether oxygens (including phenoxy) is 1. The Kier molecular flexibility index (Phi) is 4.12. The molecule has 2 N–H and O–H groups in total. The van der Waals surface area contributed by atoms with E-state index in [0.29, 0.717) is 23.9 Å². The summed E-state index contributed by atoms with van der Waals surface area (Å²) in [6.45, 7) is 3.56. The monoisotopic (exact) mass is 259 g/mol. The molecule has 0 saturated carbocycles. The number of methoxy groups -OCH3 is 1. The lowest BCUT2D eigenvalue weighted by Gasteiger charge is -2.23. The van der Waals surface area contributed by atoms with Gasteiger partial charge in [0, 0.05) is 25.5 Å². The number of nitrogen functional groups attached to an aromatic ring is 1. The Morgan fingerprint density at radius 3 is 2.63 bits per heavy atom. The molecule has 0 amide bonds. The number of hydrogen-bond acceptors (Lipinski definition) is 6. The van der Waals surface area contributed by atoms with Crippen LogP contribution in [0.25, 0.3) is 0 Å². The maximum atomic E-state index is 5.80. The number of pyridine rings is 1. The first-order valence-corrected chi connectivity index (χ1v) is 6.04. The highest BCUT2D eigenvalue weighted by atomic mass is 16.5. The van der Waals surface area contributed by atoms with E-state index in [1.165, 1.54) is 6.33 Å². The van der Waals surface area contributed by atoms with Gasteiger partial charge in [0.05, 0.1) is 7.11 Å². The van der Waals surface area contributed by atoms with Crippen molar-refractivity contribution < 1.29 is 4.74 Å². The Morgan fingerprint density at radius 2 is 2.00 bits per heavy atom. The lowest BCUT2D eigenvalue weighted by atomic mass is 10.2. The van der Waals surface area contributed by atoms with Crippen molar-refractivity contribution in [1.82, 2.24) is 15.0 Å². The maximum absolute atomic E-state index is 5.80. The van der Waals surface area contributed by atoms with Crippen molar-refractivity contribution in [3.05, 3.63) is 36.4 Å². The number of nitrogens with zero attached hydrogens (tertiary/aromatic N) is 4. The Balaban J connectivity index is 2.30. The molecule has 2 aromatic rings. The predicted molar refractivity (Wildman–Crippen MR) is 74.0 cm³/mol. The van der Waals surface area contributed by atoms with Crippen molar-refractivity contribution in [2.24, 2.45) is 0 Å². The standard InChI is InChI=1S/C13H17N5O/c1-3-18(8-10-4-6-15-7-5-10)13-11(19-2)12(14)16-9-17-13/h4-7,9H,3,8H2,1-2H3,(H2,14,16,17). The van der Waals surface area contributed by atoms with Gasteiger partial charge < -0.3 is 15.4 Å². The van der Waals surface area contributed by atoms with Gasteiger partial charge in [-0.2, -0.15) is 0 Å². The van der Waals surface area contributed by atoms with Crippen molar-refractivity contribution >= 4 is 11.6 Å². The summed E-state index contributed by atoms with van der Waals surface area (Å²) in [6.07, 6.45) is 4.99. The molecule has 6 nitrogen and oxygen atoms in total. The molecule has 0 unspecified atom stereocenters. The van der Waals surface area contributed by atoms with E-state index >= 15 is 0 Å². The lowest BCUT2D eigenvalue weighted by molar-refractivity contribution is 0.412. The molecule has 0 aliphatic rings. The van der Waals surface area contributed by atoms with E-state index < -0.39 is 0 Å². The van der Waals surface area contributed by atoms with Crippen LogP contribution in [-0.4, -0.2) is 28.6 Å². The highest BCUT2D eigenvalue weighted by Gasteiger charge is 2.15. The Hall–Kier alpha value is -2.37. The predicted octanol–water partition coefficient (Wildman–Crippen LogP) is 1.49. The van der Waals surface area contributed by atoms with E-state index in [4.69, 9.17) is 10.5 Å². The molecule has 0 aliphatic carbocycles. The van der Waals surface area contributed by atoms with Crippen LogP contribution in [0.3, 0.4) is 0 Å². The first-order valence-electron chi connectivity index (χ1n) is 6.04. The fourth-order valence-electron chi connectivity index (χ4n) is 1.84. The van der Waals surface area contributed by atoms with Crippen LogP contribution in [0.15, 0.2) is 30.9 Å². The van der Waals surface area contributed by atoms with Crippen molar-refractivity contribution in [1.29, 1.82) is 0 Å². The normalized spacial score (nSPS) is 10.2. The molecule has 2 heterocycles. The summed E-state index contributed by atoms with van der Waals surface area (Å²) in [5.41, 5.74) is 6.95. The van der Waals surface area contributed by atoms with Crippen LogP contribution >= 0.6 is 0 Å². The number of hydrogen-bond donors (Lipinski definition) is 1. The molecular weight excluding hydrogens is 242 g/mol. The summed E-state index contributed by atoms with van der Waals surface area (Å²) in [6, 6.07) is 3.94. The second kappa shape index (κ2) is 5.99. The zero-order valence-electron chi connectivity index (χ0n) is 11.1. The Labute approximate surface area is 112 Å². The minimum atomic E-state index is 0.348. The molecule has 6 heteroatoms. The van der Waals surface area contributed by atoms with Crippen LogP contribution in [0.2, 0.25) is 0 Å². The van der Waals surface area contributed by atoms with Crippen molar-refractivity contribution in [3.8, 4) is 5.75 Å². The SMILES string of the molecule is CCN(Cc1ccncc1)c1ncnc(N)c1OC. The van der Waals surface area contributed by atoms with Crippen LogP contribution in [0.5, 0.6) is 5.75 Å². The van der Waals surface area contributed by atoms with E-state index in [-0.39, 0.29) is 0 Å². The summed E-state index contributed by atoms with van der Waals surface area (Å²) in [7, 11) is 1.57. The van der Waals surface area contributed by atoms with Gasteiger partial charge in [-0.05, 0) is 24.6 Å². The second-order valence-corrected chi connectivity index (χ2v) is 3.99. The molecule has 2 rings (SSSR count). The first-order chi connectivity index (χ1) is 9.26. The van der Waals surface area contributed by atoms with Gasteiger partial charge in [0.2, 0.25) is 5.75 Å². The smallest absolute Gasteiger partial charge is 0.204 e. The van der Waals surface area contributed by atoms with Gasteiger partial charge in [0.15, 0.2) is 11.6 Å². The summed E-state index contributed by atoms with van der Waals surface area (Å²) in [5, 5.41) is 0. The second-order valence-electron chi connectivity index (χ2n) is 3.99. The molecule has 100 valence electrons. The first kappa shape index (κ1) is 13.1. The number of nitrogens with two attached hydrogens (primary N) is 1. The number of anilines is 2. The van der Waals surface area contributed by atoms with Gasteiger partial charge in [-0.1, -0.05) is 0 Å². The number of rotatable bonds is 5. The summed E-state index contributed by atoms with van der Waals surface area (Å²) < 4.78 is 5.29. The molecule has 0 atom stereocenters. The Bertz CT molecular complexity index is 532. The fraction of sp³-hybridized carbons (Fsp3) is 0.308. The van der Waals surface area contributed by atoms with Crippen LogP contribution < -0.4 is 15.4 Å². The Morgan fingerprint density at radius 1 is 1.26 bits per heavy atom. The lowest BCUT2D eigenvalue weighted by Crippen LogP contribution is -2.24. The largest absolute Gasteiger partial charge is 0.490 e.